The number of aromatic nitrogens is 2. The number of aliphatic hydroxyl groups excluding tert-OH is 1. The van der Waals surface area contributed by atoms with Gasteiger partial charge in [0.1, 0.15) is 5.69 Å². The standard InChI is InChI=1S/C6H9BrN4O3/c7-6-5(11(13)14)4(9-10-6)3-8-1-2-12/h8,12H,1-3H2,(H,9,10). The molecule has 0 radical (unpaired) electrons. The molecule has 1 aromatic heterocycles. The van der Waals surface area contributed by atoms with Crippen LogP contribution in [0.2, 0.25) is 0 Å². The van der Waals surface area contributed by atoms with Gasteiger partial charge in [0.2, 0.25) is 4.60 Å². The zero-order valence-corrected chi connectivity index (χ0v) is 8.74. The smallest absolute Gasteiger partial charge is 0.325 e. The summed E-state index contributed by atoms with van der Waals surface area (Å²) in [6, 6.07) is 0. The van der Waals surface area contributed by atoms with Crippen molar-refractivity contribution in [1.29, 1.82) is 0 Å². The molecule has 1 heterocycles. The third kappa shape index (κ3) is 2.50. The lowest BCUT2D eigenvalue weighted by Crippen LogP contribution is -2.18. The molecule has 0 aliphatic heterocycles. The summed E-state index contributed by atoms with van der Waals surface area (Å²) in [4.78, 5) is 10.1. The van der Waals surface area contributed by atoms with Gasteiger partial charge < -0.3 is 10.4 Å². The molecule has 0 saturated heterocycles. The highest BCUT2D eigenvalue weighted by molar-refractivity contribution is 9.10. The second kappa shape index (κ2) is 5.03. The summed E-state index contributed by atoms with van der Waals surface area (Å²) >= 11 is 2.97. The van der Waals surface area contributed by atoms with Crippen molar-refractivity contribution in [3.05, 3.63) is 20.4 Å². The van der Waals surface area contributed by atoms with Gasteiger partial charge in [-0.2, -0.15) is 5.10 Å². The maximum absolute atomic E-state index is 10.6. The quantitative estimate of drug-likeness (QED) is 0.399. The molecule has 78 valence electrons. The van der Waals surface area contributed by atoms with E-state index in [0.717, 1.165) is 0 Å². The minimum atomic E-state index is -0.510. The van der Waals surface area contributed by atoms with Gasteiger partial charge in [-0.1, -0.05) is 0 Å². The molecule has 3 N–H and O–H groups in total. The maximum atomic E-state index is 10.6. The van der Waals surface area contributed by atoms with E-state index in [4.69, 9.17) is 5.11 Å². The van der Waals surface area contributed by atoms with Gasteiger partial charge >= 0.3 is 5.69 Å². The molecule has 0 atom stereocenters. The van der Waals surface area contributed by atoms with Crippen molar-refractivity contribution in [2.24, 2.45) is 0 Å². The van der Waals surface area contributed by atoms with Crippen LogP contribution in [0.5, 0.6) is 0 Å². The minimum Gasteiger partial charge on any atom is -0.395 e. The van der Waals surface area contributed by atoms with Crippen LogP contribution < -0.4 is 5.32 Å². The van der Waals surface area contributed by atoms with E-state index in [1.807, 2.05) is 0 Å². The Morgan fingerprint density at radius 1 is 1.71 bits per heavy atom. The van der Waals surface area contributed by atoms with E-state index >= 15 is 0 Å². The molecule has 0 amide bonds. The van der Waals surface area contributed by atoms with Crippen LogP contribution in [0.25, 0.3) is 0 Å². The molecule has 0 aliphatic rings. The van der Waals surface area contributed by atoms with E-state index < -0.39 is 4.92 Å². The van der Waals surface area contributed by atoms with Gasteiger partial charge in [-0.3, -0.25) is 15.2 Å². The SMILES string of the molecule is O=[N+]([O-])c1c(Br)n[nH]c1CNCCO. The lowest BCUT2D eigenvalue weighted by molar-refractivity contribution is -0.386. The Morgan fingerprint density at radius 2 is 2.43 bits per heavy atom. The number of rotatable bonds is 5. The van der Waals surface area contributed by atoms with Gasteiger partial charge in [0.15, 0.2) is 0 Å². The first-order valence-electron chi connectivity index (χ1n) is 3.85. The highest BCUT2D eigenvalue weighted by Gasteiger charge is 2.21. The normalized spacial score (nSPS) is 10.4. The first-order chi connectivity index (χ1) is 6.66. The van der Waals surface area contributed by atoms with E-state index in [0.29, 0.717) is 12.2 Å². The van der Waals surface area contributed by atoms with Gasteiger partial charge in [0.25, 0.3) is 0 Å². The summed E-state index contributed by atoms with van der Waals surface area (Å²) in [6.45, 7) is 0.645. The average Bonchev–Trinajstić information content (AvgIpc) is 2.47. The average molecular weight is 265 g/mol. The summed E-state index contributed by atoms with van der Waals surface area (Å²) in [5.74, 6) is 0. The Kier molecular flexibility index (Phi) is 3.98. The van der Waals surface area contributed by atoms with Crippen LogP contribution in [-0.4, -0.2) is 33.4 Å². The van der Waals surface area contributed by atoms with Crippen LogP contribution in [-0.2, 0) is 6.54 Å². The Balaban J connectivity index is 2.71. The van der Waals surface area contributed by atoms with Crippen molar-refractivity contribution in [2.75, 3.05) is 13.2 Å². The Labute approximate surface area is 87.8 Å². The molecule has 0 saturated carbocycles. The van der Waals surface area contributed by atoms with Crippen LogP contribution in [0.1, 0.15) is 5.69 Å². The third-order valence-electron chi connectivity index (χ3n) is 1.54. The summed E-state index contributed by atoms with van der Waals surface area (Å²) in [6.07, 6.45) is 0. The Morgan fingerprint density at radius 3 is 3.00 bits per heavy atom. The highest BCUT2D eigenvalue weighted by Crippen LogP contribution is 2.25. The number of nitrogens with zero attached hydrogens (tertiary/aromatic N) is 2. The number of H-pyrrole nitrogens is 1. The van der Waals surface area contributed by atoms with Gasteiger partial charge in [-0.05, 0) is 15.9 Å². The second-order valence-electron chi connectivity index (χ2n) is 2.50. The first-order valence-corrected chi connectivity index (χ1v) is 4.64. The van der Waals surface area contributed by atoms with E-state index in [2.05, 4.69) is 31.4 Å². The molecule has 1 rings (SSSR count). The van der Waals surface area contributed by atoms with Crippen LogP contribution in [0.15, 0.2) is 4.60 Å². The fourth-order valence-electron chi connectivity index (χ4n) is 0.948. The molecular formula is C6H9BrN4O3. The first kappa shape index (κ1) is 11.1. The van der Waals surface area contributed by atoms with Crippen LogP contribution in [0.4, 0.5) is 5.69 Å². The topological polar surface area (TPSA) is 104 Å². The van der Waals surface area contributed by atoms with Crippen molar-refractivity contribution < 1.29 is 10.0 Å². The molecule has 0 aliphatic carbocycles. The molecule has 0 aromatic carbocycles. The molecule has 8 heteroatoms. The number of halogens is 1. The van der Waals surface area contributed by atoms with E-state index in [1.54, 1.807) is 0 Å². The van der Waals surface area contributed by atoms with Gasteiger partial charge in [-0.25, -0.2) is 0 Å². The third-order valence-corrected chi connectivity index (χ3v) is 2.10. The fourth-order valence-corrected chi connectivity index (χ4v) is 1.42. The largest absolute Gasteiger partial charge is 0.395 e. The monoisotopic (exact) mass is 264 g/mol. The molecule has 0 spiro atoms. The number of nitro groups is 1. The summed E-state index contributed by atoms with van der Waals surface area (Å²) in [5, 5.41) is 28.1. The minimum absolute atomic E-state index is 0.0108. The van der Waals surface area contributed by atoms with Crippen LogP contribution in [0, 0.1) is 10.1 Å². The lowest BCUT2D eigenvalue weighted by atomic mass is 10.3. The van der Waals surface area contributed by atoms with Crippen LogP contribution in [0.3, 0.4) is 0 Å². The Bertz CT molecular complexity index is 327. The molecule has 0 unspecified atom stereocenters. The highest BCUT2D eigenvalue weighted by atomic mass is 79.9. The molecule has 0 fully saturated rings. The number of hydrogen-bond acceptors (Lipinski definition) is 5. The van der Waals surface area contributed by atoms with Crippen molar-refractivity contribution in [3.8, 4) is 0 Å². The molecule has 14 heavy (non-hydrogen) atoms. The van der Waals surface area contributed by atoms with Gasteiger partial charge in [0, 0.05) is 13.1 Å². The van der Waals surface area contributed by atoms with E-state index in [9.17, 15) is 10.1 Å². The zero-order chi connectivity index (χ0) is 10.6. The van der Waals surface area contributed by atoms with Crippen molar-refractivity contribution in [1.82, 2.24) is 15.5 Å². The number of hydrogen-bond donors (Lipinski definition) is 3. The van der Waals surface area contributed by atoms with Crippen molar-refractivity contribution in [3.63, 3.8) is 0 Å². The predicted octanol–water partition coefficient (Wildman–Crippen LogP) is 0.162. The maximum Gasteiger partial charge on any atom is 0.325 e. The number of aliphatic hydroxyl groups is 1. The molecule has 7 nitrogen and oxygen atoms in total. The summed E-state index contributed by atoms with van der Waals surface area (Å²) in [7, 11) is 0. The van der Waals surface area contributed by atoms with Gasteiger partial charge in [0.05, 0.1) is 11.5 Å². The predicted molar refractivity (Wildman–Crippen MR) is 51.7 cm³/mol. The van der Waals surface area contributed by atoms with Crippen molar-refractivity contribution >= 4 is 21.6 Å². The van der Waals surface area contributed by atoms with Crippen molar-refractivity contribution in [2.45, 2.75) is 6.54 Å². The summed E-state index contributed by atoms with van der Waals surface area (Å²) in [5.41, 5.74) is 0.311. The molecule has 1 aromatic rings. The van der Waals surface area contributed by atoms with E-state index in [1.165, 1.54) is 0 Å². The number of aromatic amines is 1. The van der Waals surface area contributed by atoms with Crippen LogP contribution >= 0.6 is 15.9 Å². The fraction of sp³-hybridized carbons (Fsp3) is 0.500. The lowest BCUT2D eigenvalue weighted by Gasteiger charge is -1.98. The molecular weight excluding hydrogens is 256 g/mol. The molecule has 0 bridgehead atoms. The second-order valence-corrected chi connectivity index (χ2v) is 3.25. The summed E-state index contributed by atoms with van der Waals surface area (Å²) < 4.78 is 0.184. The number of nitrogens with one attached hydrogen (secondary N) is 2. The zero-order valence-electron chi connectivity index (χ0n) is 7.16. The van der Waals surface area contributed by atoms with E-state index in [-0.39, 0.29) is 23.4 Å². The Hall–Kier alpha value is -0.990. The van der Waals surface area contributed by atoms with Gasteiger partial charge in [-0.15, -0.1) is 0 Å².